The van der Waals surface area contributed by atoms with Gasteiger partial charge < -0.3 is 15.5 Å². The van der Waals surface area contributed by atoms with Crippen molar-refractivity contribution in [2.45, 2.75) is 46.1 Å². The molecular formula is C16H30IN5S. The Bertz CT molecular complexity index is 483. The molecule has 1 aromatic heterocycles. The Morgan fingerprint density at radius 2 is 2.17 bits per heavy atom. The summed E-state index contributed by atoms with van der Waals surface area (Å²) in [5.41, 5.74) is 1.16. The molecule has 0 aromatic carbocycles. The number of hydrogen-bond acceptors (Lipinski definition) is 4. The van der Waals surface area contributed by atoms with Crippen LogP contribution in [0.25, 0.3) is 0 Å². The Morgan fingerprint density at radius 1 is 1.39 bits per heavy atom. The lowest BCUT2D eigenvalue weighted by atomic mass is 10.2. The maximum atomic E-state index is 4.74. The number of nitrogens with zero attached hydrogens (tertiary/aromatic N) is 3. The van der Waals surface area contributed by atoms with Crippen LogP contribution in [0.15, 0.2) is 4.99 Å². The summed E-state index contributed by atoms with van der Waals surface area (Å²) in [5.74, 6) is 0.924. The van der Waals surface area contributed by atoms with Crippen LogP contribution in [0.4, 0.5) is 0 Å². The van der Waals surface area contributed by atoms with Crippen LogP contribution in [0.5, 0.6) is 0 Å². The molecule has 0 saturated carbocycles. The molecule has 0 radical (unpaired) electrons. The smallest absolute Gasteiger partial charge is 0.191 e. The van der Waals surface area contributed by atoms with Gasteiger partial charge in [0.05, 0.1) is 17.2 Å². The molecule has 1 aliphatic heterocycles. The molecule has 0 amide bonds. The van der Waals surface area contributed by atoms with Crippen LogP contribution in [0, 0.1) is 13.8 Å². The molecule has 5 nitrogen and oxygen atoms in total. The molecule has 1 atom stereocenters. The number of thiazole rings is 1. The highest BCUT2D eigenvalue weighted by Crippen LogP contribution is 2.16. The molecule has 0 spiro atoms. The number of rotatable bonds is 6. The van der Waals surface area contributed by atoms with Gasteiger partial charge in [0.2, 0.25) is 0 Å². The van der Waals surface area contributed by atoms with E-state index in [1.54, 1.807) is 11.3 Å². The number of aryl methyl sites for hydroxylation is 2. The fraction of sp³-hybridized carbons (Fsp3) is 0.750. The number of likely N-dealkylation sites (N-methyl/N-ethyl adjacent to an activating group) is 1. The molecule has 1 unspecified atom stereocenters. The third kappa shape index (κ3) is 6.54. The van der Waals surface area contributed by atoms with E-state index in [4.69, 9.17) is 4.99 Å². The zero-order valence-corrected chi connectivity index (χ0v) is 17.8. The normalized spacial score (nSPS) is 18.8. The summed E-state index contributed by atoms with van der Waals surface area (Å²) in [7, 11) is 2.20. The molecule has 132 valence electrons. The summed E-state index contributed by atoms with van der Waals surface area (Å²) in [5, 5.41) is 7.95. The second kappa shape index (κ2) is 10.5. The van der Waals surface area contributed by atoms with Gasteiger partial charge in [0, 0.05) is 30.4 Å². The largest absolute Gasteiger partial charge is 0.357 e. The fourth-order valence-electron chi connectivity index (χ4n) is 2.68. The van der Waals surface area contributed by atoms with Gasteiger partial charge in [-0.1, -0.05) is 0 Å². The van der Waals surface area contributed by atoms with Crippen molar-refractivity contribution < 1.29 is 0 Å². The van der Waals surface area contributed by atoms with Crippen LogP contribution in [0.2, 0.25) is 0 Å². The summed E-state index contributed by atoms with van der Waals surface area (Å²) in [6.45, 7) is 10.2. The third-order valence-electron chi connectivity index (χ3n) is 4.18. The van der Waals surface area contributed by atoms with E-state index in [0.29, 0.717) is 6.04 Å². The Balaban J connectivity index is 0.00000264. The number of hydrogen-bond donors (Lipinski definition) is 2. The summed E-state index contributed by atoms with van der Waals surface area (Å²) >= 11 is 1.80. The summed E-state index contributed by atoms with van der Waals surface area (Å²) in [6.07, 6.45) is 3.51. The van der Waals surface area contributed by atoms with E-state index in [1.165, 1.54) is 29.3 Å². The van der Waals surface area contributed by atoms with Gasteiger partial charge in [-0.3, -0.25) is 4.99 Å². The molecular weight excluding hydrogens is 421 g/mol. The lowest BCUT2D eigenvalue weighted by Crippen LogP contribution is -2.39. The first-order valence-electron chi connectivity index (χ1n) is 8.25. The van der Waals surface area contributed by atoms with Crippen LogP contribution in [0.3, 0.4) is 0 Å². The molecule has 1 aromatic rings. The first kappa shape index (κ1) is 20.6. The van der Waals surface area contributed by atoms with Gasteiger partial charge in [-0.05, 0) is 47.2 Å². The lowest BCUT2D eigenvalue weighted by Gasteiger charge is -2.18. The number of guanidine groups is 1. The first-order valence-corrected chi connectivity index (χ1v) is 9.07. The van der Waals surface area contributed by atoms with Gasteiger partial charge in [-0.25, -0.2) is 4.98 Å². The molecule has 1 saturated heterocycles. The van der Waals surface area contributed by atoms with Gasteiger partial charge in [0.1, 0.15) is 0 Å². The molecule has 2 heterocycles. The monoisotopic (exact) mass is 451 g/mol. The fourth-order valence-corrected chi connectivity index (χ4v) is 3.62. The Labute approximate surface area is 161 Å². The summed E-state index contributed by atoms with van der Waals surface area (Å²) < 4.78 is 0. The summed E-state index contributed by atoms with van der Waals surface area (Å²) in [6, 6.07) is 0.597. The zero-order chi connectivity index (χ0) is 15.9. The van der Waals surface area contributed by atoms with Crippen LogP contribution in [0.1, 0.15) is 35.3 Å². The van der Waals surface area contributed by atoms with Crippen LogP contribution in [-0.4, -0.2) is 55.1 Å². The Hall–Kier alpha value is -0.410. The SMILES string of the molecule is CCNC(=NCC1CCCN1C)NCCc1nc(C)c(C)s1.I. The van der Waals surface area contributed by atoms with Crippen molar-refractivity contribution in [2.24, 2.45) is 4.99 Å². The minimum atomic E-state index is 0. The summed E-state index contributed by atoms with van der Waals surface area (Å²) in [4.78, 5) is 13.0. The molecule has 2 N–H and O–H groups in total. The maximum absolute atomic E-state index is 4.74. The number of nitrogens with one attached hydrogen (secondary N) is 2. The van der Waals surface area contributed by atoms with Crippen LogP contribution >= 0.6 is 35.3 Å². The maximum Gasteiger partial charge on any atom is 0.191 e. The number of aromatic nitrogens is 1. The molecule has 0 aliphatic carbocycles. The van der Waals surface area contributed by atoms with E-state index >= 15 is 0 Å². The van der Waals surface area contributed by atoms with E-state index in [0.717, 1.165) is 37.7 Å². The van der Waals surface area contributed by atoms with Gasteiger partial charge >= 0.3 is 0 Å². The second-order valence-electron chi connectivity index (χ2n) is 5.92. The number of halogens is 1. The van der Waals surface area contributed by atoms with Gasteiger partial charge in [0.25, 0.3) is 0 Å². The average Bonchev–Trinajstić information content (AvgIpc) is 3.02. The minimum absolute atomic E-state index is 0. The minimum Gasteiger partial charge on any atom is -0.357 e. The standard InChI is InChI=1S/C16H29N5S.HI/c1-5-17-16(19-11-14-7-6-10-21(14)4)18-9-8-15-20-12(2)13(3)22-15;/h14H,5-11H2,1-4H3,(H2,17,18,19);1H. The predicted molar refractivity (Wildman–Crippen MR) is 110 cm³/mol. The van der Waals surface area contributed by atoms with Crippen molar-refractivity contribution in [3.63, 3.8) is 0 Å². The highest BCUT2D eigenvalue weighted by Gasteiger charge is 2.20. The van der Waals surface area contributed by atoms with Crippen molar-refractivity contribution >= 4 is 41.3 Å². The topological polar surface area (TPSA) is 52.6 Å². The third-order valence-corrected chi connectivity index (χ3v) is 5.31. The quantitative estimate of drug-likeness (QED) is 0.397. The zero-order valence-electron chi connectivity index (χ0n) is 14.7. The molecule has 7 heteroatoms. The molecule has 23 heavy (non-hydrogen) atoms. The lowest BCUT2D eigenvalue weighted by molar-refractivity contribution is 0.317. The number of aliphatic imine (C=N–C) groups is 1. The second-order valence-corrected chi connectivity index (χ2v) is 7.21. The van der Waals surface area contributed by atoms with E-state index in [9.17, 15) is 0 Å². The Morgan fingerprint density at radius 3 is 2.74 bits per heavy atom. The number of likely N-dealkylation sites (tertiary alicyclic amines) is 1. The highest BCUT2D eigenvalue weighted by atomic mass is 127. The highest BCUT2D eigenvalue weighted by molar-refractivity contribution is 14.0. The van der Waals surface area contributed by atoms with Crippen LogP contribution in [-0.2, 0) is 6.42 Å². The van der Waals surface area contributed by atoms with Crippen molar-refractivity contribution in [3.8, 4) is 0 Å². The first-order chi connectivity index (χ1) is 10.6. The van der Waals surface area contributed by atoms with Gasteiger partial charge in [-0.15, -0.1) is 35.3 Å². The van der Waals surface area contributed by atoms with Crippen molar-refractivity contribution in [1.29, 1.82) is 0 Å². The van der Waals surface area contributed by atoms with Crippen molar-refractivity contribution in [3.05, 3.63) is 15.6 Å². The predicted octanol–water partition coefficient (Wildman–Crippen LogP) is 2.57. The van der Waals surface area contributed by atoms with Crippen molar-refractivity contribution in [2.75, 3.05) is 33.2 Å². The van der Waals surface area contributed by atoms with E-state index in [-0.39, 0.29) is 24.0 Å². The van der Waals surface area contributed by atoms with Gasteiger partial charge in [-0.2, -0.15) is 0 Å². The van der Waals surface area contributed by atoms with E-state index in [2.05, 4.69) is 48.3 Å². The van der Waals surface area contributed by atoms with Gasteiger partial charge in [0.15, 0.2) is 5.96 Å². The molecule has 0 bridgehead atoms. The average molecular weight is 451 g/mol. The Kier molecular flexibility index (Phi) is 9.38. The molecule has 1 aliphatic rings. The van der Waals surface area contributed by atoms with E-state index < -0.39 is 0 Å². The molecule has 1 fully saturated rings. The van der Waals surface area contributed by atoms with Crippen LogP contribution < -0.4 is 10.6 Å². The van der Waals surface area contributed by atoms with E-state index in [1.807, 2.05) is 0 Å². The van der Waals surface area contributed by atoms with Crippen molar-refractivity contribution in [1.82, 2.24) is 20.5 Å². The molecule has 2 rings (SSSR count).